The van der Waals surface area contributed by atoms with Gasteiger partial charge in [0.05, 0.1) is 7.11 Å². The quantitative estimate of drug-likeness (QED) is 0.401. The zero-order valence-corrected chi connectivity index (χ0v) is 20.0. The van der Waals surface area contributed by atoms with E-state index >= 15 is 0 Å². The molecule has 31 heavy (non-hydrogen) atoms. The Morgan fingerprint density at radius 2 is 1.77 bits per heavy atom. The van der Waals surface area contributed by atoms with Crippen LogP contribution in [0.5, 0.6) is 5.75 Å². The molecule has 3 rings (SSSR count). The third-order valence-electron chi connectivity index (χ3n) is 4.81. The summed E-state index contributed by atoms with van der Waals surface area (Å²) in [5.41, 5.74) is 1.61. The summed E-state index contributed by atoms with van der Waals surface area (Å²) in [5, 5.41) is 0.456. The number of nitrogens with zero attached hydrogens (tertiary/aromatic N) is 1. The molecular weight excluding hydrogens is 493 g/mol. The van der Waals surface area contributed by atoms with Crippen molar-refractivity contribution in [2.75, 3.05) is 7.11 Å². The van der Waals surface area contributed by atoms with Crippen LogP contribution in [-0.2, 0) is 17.9 Å². The molecule has 1 N–H and O–H groups in total. The van der Waals surface area contributed by atoms with Crippen molar-refractivity contribution in [2.24, 2.45) is 0 Å². The summed E-state index contributed by atoms with van der Waals surface area (Å²) in [4.78, 5) is 0. The van der Waals surface area contributed by atoms with Gasteiger partial charge in [0.2, 0.25) is 0 Å². The first kappa shape index (κ1) is 24.0. The fraction of sp³-hybridized carbons (Fsp3) is 0.364. The second kappa shape index (κ2) is 9.05. The maximum atomic E-state index is 14.1. The number of benzene rings is 2. The van der Waals surface area contributed by atoms with Crippen molar-refractivity contribution in [2.45, 2.75) is 44.3 Å². The molecule has 168 valence electrons. The standard InChI is InChI=1S/C22H24BrF3N2O2S/c1-21(2,3)31(29)27-20(22(24,25)26)18-13-28(19-11-15(23)7-10-17(18)19)12-14-5-8-16(30-4)9-6-14/h5-11,13,20,27H,12H2,1-4H3/t20-,31-/m0/s1. The molecular formula is C22H24BrF3N2O2S. The second-order valence-corrected chi connectivity index (χ2v) is 11.1. The third-order valence-corrected chi connectivity index (χ3v) is 6.86. The Hall–Kier alpha value is -1.68. The normalized spacial score (nSPS) is 14.6. The lowest BCUT2D eigenvalue weighted by Crippen LogP contribution is -2.45. The van der Waals surface area contributed by atoms with Crippen LogP contribution in [0.15, 0.2) is 53.1 Å². The summed E-state index contributed by atoms with van der Waals surface area (Å²) < 4.78 is 63.9. The lowest BCUT2D eigenvalue weighted by Gasteiger charge is -2.28. The molecule has 2 atom stereocenters. The Kier molecular flexibility index (Phi) is 7.00. The first-order valence-electron chi connectivity index (χ1n) is 9.56. The highest BCUT2D eigenvalue weighted by molar-refractivity contribution is 9.10. The molecule has 0 saturated heterocycles. The molecule has 0 spiro atoms. The van der Waals surface area contributed by atoms with Gasteiger partial charge in [-0.15, -0.1) is 4.72 Å². The van der Waals surface area contributed by atoms with E-state index in [-0.39, 0.29) is 5.56 Å². The van der Waals surface area contributed by atoms with Crippen LogP contribution in [0.25, 0.3) is 10.9 Å². The van der Waals surface area contributed by atoms with E-state index in [1.807, 2.05) is 24.3 Å². The van der Waals surface area contributed by atoms with Crippen LogP contribution in [0.1, 0.15) is 37.9 Å². The number of rotatable bonds is 6. The highest BCUT2D eigenvalue weighted by atomic mass is 79.9. The molecule has 0 saturated carbocycles. The number of hydrogen-bond donors (Lipinski definition) is 1. The Morgan fingerprint density at radius 1 is 1.13 bits per heavy atom. The van der Waals surface area contributed by atoms with E-state index in [0.29, 0.717) is 23.2 Å². The van der Waals surface area contributed by atoms with Gasteiger partial charge in [-0.05, 0) is 50.6 Å². The van der Waals surface area contributed by atoms with Gasteiger partial charge in [-0.2, -0.15) is 13.2 Å². The summed E-state index contributed by atoms with van der Waals surface area (Å²) in [7, 11) is 1.57. The Balaban J connectivity index is 2.08. The first-order valence-corrected chi connectivity index (χ1v) is 11.5. The van der Waals surface area contributed by atoms with E-state index in [2.05, 4.69) is 20.7 Å². The highest BCUT2D eigenvalue weighted by Crippen LogP contribution is 2.39. The third kappa shape index (κ3) is 5.58. The van der Waals surface area contributed by atoms with Gasteiger partial charge in [-0.25, -0.2) is 0 Å². The van der Waals surface area contributed by atoms with Crippen LogP contribution in [0, 0.1) is 0 Å². The van der Waals surface area contributed by atoms with Crippen molar-refractivity contribution in [1.29, 1.82) is 0 Å². The van der Waals surface area contributed by atoms with Gasteiger partial charge in [-0.1, -0.05) is 34.1 Å². The summed E-state index contributed by atoms with van der Waals surface area (Å²) in [6.45, 7) is 5.28. The minimum atomic E-state index is -4.62. The number of ether oxygens (including phenoxy) is 1. The number of halogens is 4. The first-order chi connectivity index (χ1) is 14.4. The van der Waals surface area contributed by atoms with E-state index in [4.69, 9.17) is 4.74 Å². The predicted molar refractivity (Wildman–Crippen MR) is 122 cm³/mol. The molecule has 0 fully saturated rings. The maximum absolute atomic E-state index is 14.1. The monoisotopic (exact) mass is 516 g/mol. The van der Waals surface area contributed by atoms with E-state index in [1.165, 1.54) is 6.20 Å². The molecule has 0 amide bonds. The van der Waals surface area contributed by atoms with Crippen molar-refractivity contribution in [3.63, 3.8) is 0 Å². The number of hydrogen-bond acceptors (Lipinski definition) is 3. The van der Waals surface area contributed by atoms with Gasteiger partial charge in [0.15, 0.2) is 6.04 Å². The Labute approximate surface area is 191 Å². The average Bonchev–Trinajstić information content (AvgIpc) is 3.01. The molecule has 0 bridgehead atoms. The van der Waals surface area contributed by atoms with Crippen LogP contribution in [-0.4, -0.2) is 27.2 Å². The van der Waals surface area contributed by atoms with Gasteiger partial charge >= 0.3 is 6.18 Å². The van der Waals surface area contributed by atoms with E-state index in [0.717, 1.165) is 10.0 Å². The van der Waals surface area contributed by atoms with Crippen molar-refractivity contribution in [3.05, 3.63) is 64.3 Å². The van der Waals surface area contributed by atoms with Gasteiger partial charge in [0, 0.05) is 45.0 Å². The van der Waals surface area contributed by atoms with E-state index in [9.17, 15) is 17.7 Å². The molecule has 0 aliphatic rings. The number of fused-ring (bicyclic) bond motifs is 1. The minimum absolute atomic E-state index is 0.0427. The summed E-state index contributed by atoms with van der Waals surface area (Å²) >= 11 is 1.51. The molecule has 4 nitrogen and oxygen atoms in total. The van der Waals surface area contributed by atoms with Gasteiger partial charge in [0.1, 0.15) is 10.5 Å². The second-order valence-electron chi connectivity index (χ2n) is 8.20. The average molecular weight is 517 g/mol. The predicted octanol–water partition coefficient (Wildman–Crippen LogP) is 6.12. The molecule has 3 aromatic rings. The summed E-state index contributed by atoms with van der Waals surface area (Å²) in [5.74, 6) is 0.704. The van der Waals surface area contributed by atoms with Crippen molar-refractivity contribution < 1.29 is 22.5 Å². The topological polar surface area (TPSA) is 49.2 Å². The smallest absolute Gasteiger partial charge is 0.412 e. The lowest BCUT2D eigenvalue weighted by molar-refractivity contribution is -0.152. The van der Waals surface area contributed by atoms with Crippen LogP contribution in [0.4, 0.5) is 13.2 Å². The fourth-order valence-electron chi connectivity index (χ4n) is 3.17. The van der Waals surface area contributed by atoms with E-state index < -0.39 is 28.3 Å². The number of aromatic nitrogens is 1. The molecule has 0 radical (unpaired) electrons. The van der Waals surface area contributed by atoms with Crippen molar-refractivity contribution in [1.82, 2.24) is 9.29 Å². The van der Waals surface area contributed by atoms with Crippen LogP contribution in [0.3, 0.4) is 0 Å². The SMILES string of the molecule is COc1ccc(Cn2cc([C@H](N[S@@+]([O-])C(C)(C)C)C(F)(F)F)c3ccc(Br)cc32)cc1. The molecule has 1 aromatic heterocycles. The van der Waals surface area contributed by atoms with Crippen molar-refractivity contribution >= 4 is 38.2 Å². The van der Waals surface area contributed by atoms with Crippen LogP contribution < -0.4 is 9.46 Å². The zero-order valence-electron chi connectivity index (χ0n) is 17.6. The number of alkyl halides is 3. The lowest BCUT2D eigenvalue weighted by atomic mass is 10.1. The van der Waals surface area contributed by atoms with Gasteiger partial charge in [0.25, 0.3) is 0 Å². The van der Waals surface area contributed by atoms with Crippen LogP contribution >= 0.6 is 15.9 Å². The molecule has 0 unspecified atom stereocenters. The van der Waals surface area contributed by atoms with Gasteiger partial charge < -0.3 is 13.9 Å². The molecule has 2 aromatic carbocycles. The fourth-order valence-corrected chi connectivity index (χ4v) is 4.35. The molecule has 0 aliphatic carbocycles. The molecule has 9 heteroatoms. The summed E-state index contributed by atoms with van der Waals surface area (Å²) in [6.07, 6.45) is -3.13. The number of methoxy groups -OCH3 is 1. The zero-order chi connectivity index (χ0) is 23.0. The van der Waals surface area contributed by atoms with Crippen LogP contribution in [0.2, 0.25) is 0 Å². The largest absolute Gasteiger partial charge is 0.598 e. The minimum Gasteiger partial charge on any atom is -0.598 e. The molecule has 0 aliphatic heterocycles. The maximum Gasteiger partial charge on any atom is 0.412 e. The highest BCUT2D eigenvalue weighted by Gasteiger charge is 2.47. The Morgan fingerprint density at radius 3 is 2.32 bits per heavy atom. The summed E-state index contributed by atoms with van der Waals surface area (Å²) in [6, 6.07) is 10.4. The van der Waals surface area contributed by atoms with E-state index in [1.54, 1.807) is 50.6 Å². The molecule has 1 heterocycles. The Bertz CT molecular complexity index is 1050. The van der Waals surface area contributed by atoms with Gasteiger partial charge in [-0.3, -0.25) is 0 Å². The van der Waals surface area contributed by atoms with Crippen molar-refractivity contribution in [3.8, 4) is 5.75 Å². The number of nitrogens with one attached hydrogen (secondary N) is 1.